The largest absolute Gasteiger partial charge is 0.507 e. The third kappa shape index (κ3) is 1.20. The van der Waals surface area contributed by atoms with Crippen LogP contribution in [0.4, 0.5) is 0 Å². The molecule has 1 N–H and O–H groups in total. The molecule has 16 heavy (non-hydrogen) atoms. The highest BCUT2D eigenvalue weighted by molar-refractivity contribution is 7.80. The summed E-state index contributed by atoms with van der Waals surface area (Å²) >= 11 is 4.55. The topological polar surface area (TPSA) is 20.2 Å². The molecule has 0 aliphatic rings. The van der Waals surface area contributed by atoms with Gasteiger partial charge in [-0.2, -0.15) is 0 Å². The smallest absolute Gasteiger partial charge is 0.131 e. The molecule has 0 spiro atoms. The van der Waals surface area contributed by atoms with Crippen molar-refractivity contribution in [3.63, 3.8) is 0 Å². The fourth-order valence-corrected chi connectivity index (χ4v) is 2.47. The van der Waals surface area contributed by atoms with Crippen LogP contribution in [0.3, 0.4) is 0 Å². The molecule has 78 valence electrons. The van der Waals surface area contributed by atoms with Crippen molar-refractivity contribution < 1.29 is 5.11 Å². The first-order valence-corrected chi connectivity index (χ1v) is 5.55. The van der Waals surface area contributed by atoms with Gasteiger partial charge in [0.2, 0.25) is 0 Å². The Kier molecular flexibility index (Phi) is 2.04. The van der Waals surface area contributed by atoms with Gasteiger partial charge < -0.3 is 5.11 Å². The minimum absolute atomic E-state index is 0.337. The summed E-state index contributed by atoms with van der Waals surface area (Å²) in [6, 6.07) is 15.5. The number of thiol groups is 1. The summed E-state index contributed by atoms with van der Waals surface area (Å²) in [4.78, 5) is 0.920. The SMILES string of the molecule is Oc1c2ccccc2c(S)c2ccccc12. The van der Waals surface area contributed by atoms with Crippen molar-refractivity contribution in [2.75, 3.05) is 0 Å². The van der Waals surface area contributed by atoms with E-state index in [-0.39, 0.29) is 0 Å². The summed E-state index contributed by atoms with van der Waals surface area (Å²) in [5, 5.41) is 13.9. The quantitative estimate of drug-likeness (QED) is 0.438. The fourth-order valence-electron chi connectivity index (χ4n) is 2.08. The second-order valence-corrected chi connectivity index (χ2v) is 4.24. The number of phenolic OH excluding ortho intramolecular Hbond substituents is 1. The lowest BCUT2D eigenvalue weighted by atomic mass is 10.0. The lowest BCUT2D eigenvalue weighted by molar-refractivity contribution is 0.487. The lowest BCUT2D eigenvalue weighted by Crippen LogP contribution is -1.81. The van der Waals surface area contributed by atoms with Crippen LogP contribution in [-0.2, 0) is 0 Å². The molecule has 0 aliphatic heterocycles. The average Bonchev–Trinajstić information content (AvgIpc) is 2.36. The zero-order valence-electron chi connectivity index (χ0n) is 8.51. The lowest BCUT2D eigenvalue weighted by Gasteiger charge is -2.09. The van der Waals surface area contributed by atoms with Gasteiger partial charge in [0, 0.05) is 15.7 Å². The van der Waals surface area contributed by atoms with E-state index in [9.17, 15) is 5.11 Å². The van der Waals surface area contributed by atoms with Gasteiger partial charge in [-0.3, -0.25) is 0 Å². The van der Waals surface area contributed by atoms with Crippen LogP contribution in [0.1, 0.15) is 0 Å². The number of rotatable bonds is 0. The van der Waals surface area contributed by atoms with Crippen LogP contribution in [0.2, 0.25) is 0 Å². The van der Waals surface area contributed by atoms with E-state index in [0.29, 0.717) is 5.75 Å². The van der Waals surface area contributed by atoms with Crippen LogP contribution in [-0.4, -0.2) is 5.11 Å². The molecule has 0 saturated heterocycles. The van der Waals surface area contributed by atoms with E-state index >= 15 is 0 Å². The van der Waals surface area contributed by atoms with Crippen molar-refractivity contribution in [2.45, 2.75) is 4.90 Å². The van der Waals surface area contributed by atoms with Gasteiger partial charge in [-0.25, -0.2) is 0 Å². The molecule has 0 amide bonds. The Morgan fingerprint density at radius 2 is 1.06 bits per heavy atom. The average molecular weight is 226 g/mol. The monoisotopic (exact) mass is 226 g/mol. The Morgan fingerprint density at radius 1 is 0.688 bits per heavy atom. The van der Waals surface area contributed by atoms with Gasteiger partial charge in [0.05, 0.1) is 0 Å². The number of hydrogen-bond donors (Lipinski definition) is 2. The van der Waals surface area contributed by atoms with Crippen molar-refractivity contribution in [3.05, 3.63) is 48.5 Å². The zero-order chi connectivity index (χ0) is 11.1. The summed E-state index contributed by atoms with van der Waals surface area (Å²) in [7, 11) is 0. The van der Waals surface area contributed by atoms with Crippen LogP contribution in [0, 0.1) is 0 Å². The van der Waals surface area contributed by atoms with Crippen LogP contribution in [0.15, 0.2) is 53.4 Å². The molecule has 0 fully saturated rings. The summed E-state index contributed by atoms with van der Waals surface area (Å²) in [5.74, 6) is 0.337. The molecular weight excluding hydrogens is 216 g/mol. The molecule has 0 saturated carbocycles. The first-order valence-electron chi connectivity index (χ1n) is 5.10. The molecule has 3 rings (SSSR count). The third-order valence-corrected chi connectivity index (χ3v) is 3.36. The van der Waals surface area contributed by atoms with E-state index in [4.69, 9.17) is 0 Å². The Balaban J connectivity index is 2.67. The minimum atomic E-state index is 0.337. The second kappa shape index (κ2) is 3.42. The van der Waals surface area contributed by atoms with Crippen LogP contribution in [0.25, 0.3) is 21.5 Å². The maximum absolute atomic E-state index is 10.2. The number of benzene rings is 3. The van der Waals surface area contributed by atoms with Gasteiger partial charge >= 0.3 is 0 Å². The predicted molar refractivity (Wildman–Crippen MR) is 70.4 cm³/mol. The number of fused-ring (bicyclic) bond motifs is 2. The molecule has 1 nitrogen and oxygen atoms in total. The summed E-state index contributed by atoms with van der Waals surface area (Å²) < 4.78 is 0. The molecule has 0 bridgehead atoms. The van der Waals surface area contributed by atoms with E-state index in [1.54, 1.807) is 0 Å². The van der Waals surface area contributed by atoms with Crippen LogP contribution < -0.4 is 0 Å². The van der Waals surface area contributed by atoms with Crippen molar-refractivity contribution in [3.8, 4) is 5.75 Å². The highest BCUT2D eigenvalue weighted by atomic mass is 32.1. The number of phenols is 1. The predicted octanol–water partition coefficient (Wildman–Crippen LogP) is 3.99. The van der Waals surface area contributed by atoms with E-state index in [2.05, 4.69) is 12.6 Å². The van der Waals surface area contributed by atoms with E-state index < -0.39 is 0 Å². The van der Waals surface area contributed by atoms with Crippen LogP contribution >= 0.6 is 12.6 Å². The maximum atomic E-state index is 10.2. The summed E-state index contributed by atoms with van der Waals surface area (Å²) in [6.07, 6.45) is 0. The van der Waals surface area contributed by atoms with Crippen LogP contribution in [0.5, 0.6) is 5.75 Å². The van der Waals surface area contributed by atoms with Gasteiger partial charge in [-0.15, -0.1) is 12.6 Å². The van der Waals surface area contributed by atoms with E-state index in [1.807, 2.05) is 48.5 Å². The molecule has 0 radical (unpaired) electrons. The first-order chi connectivity index (χ1) is 7.79. The Bertz CT molecular complexity index is 572. The van der Waals surface area contributed by atoms with Crippen molar-refractivity contribution in [1.29, 1.82) is 0 Å². The molecule has 0 unspecified atom stereocenters. The molecule has 0 heterocycles. The molecular formula is C14H10OS. The van der Waals surface area contributed by atoms with Gasteiger partial charge in [0.1, 0.15) is 5.75 Å². The molecule has 0 aliphatic carbocycles. The summed E-state index contributed by atoms with van der Waals surface area (Å²) in [5.41, 5.74) is 0. The highest BCUT2D eigenvalue weighted by Crippen LogP contribution is 2.38. The van der Waals surface area contributed by atoms with Gasteiger partial charge in [0.15, 0.2) is 0 Å². The van der Waals surface area contributed by atoms with Gasteiger partial charge in [0.25, 0.3) is 0 Å². The van der Waals surface area contributed by atoms with Gasteiger partial charge in [-0.05, 0) is 10.8 Å². The normalized spacial score (nSPS) is 11.1. The third-order valence-electron chi connectivity index (χ3n) is 2.87. The Hall–Kier alpha value is -1.67. The van der Waals surface area contributed by atoms with Crippen molar-refractivity contribution in [1.82, 2.24) is 0 Å². The van der Waals surface area contributed by atoms with E-state index in [1.165, 1.54) is 0 Å². The first kappa shape index (κ1) is 9.55. The second-order valence-electron chi connectivity index (χ2n) is 3.79. The number of aromatic hydroxyl groups is 1. The van der Waals surface area contributed by atoms with Gasteiger partial charge in [-0.1, -0.05) is 48.5 Å². The zero-order valence-corrected chi connectivity index (χ0v) is 9.41. The van der Waals surface area contributed by atoms with Crippen molar-refractivity contribution >= 4 is 34.2 Å². The number of hydrogen-bond acceptors (Lipinski definition) is 2. The molecule has 3 aromatic rings. The molecule has 0 aromatic heterocycles. The molecule has 0 atom stereocenters. The highest BCUT2D eigenvalue weighted by Gasteiger charge is 2.09. The maximum Gasteiger partial charge on any atom is 0.131 e. The fraction of sp³-hybridized carbons (Fsp3) is 0. The Morgan fingerprint density at radius 3 is 1.50 bits per heavy atom. The molecule has 3 aromatic carbocycles. The van der Waals surface area contributed by atoms with E-state index in [0.717, 1.165) is 26.4 Å². The molecule has 2 heteroatoms. The Labute approximate surface area is 98.7 Å². The van der Waals surface area contributed by atoms with Crippen molar-refractivity contribution in [2.24, 2.45) is 0 Å². The minimum Gasteiger partial charge on any atom is -0.507 e. The summed E-state index contributed by atoms with van der Waals surface area (Å²) in [6.45, 7) is 0. The standard InChI is InChI=1S/C14H10OS/c15-13-9-5-1-3-7-11(9)14(16)12-8-4-2-6-10(12)13/h1-8,15-16H.